The maximum absolute atomic E-state index is 11.9. The van der Waals surface area contributed by atoms with E-state index in [2.05, 4.69) is 9.97 Å². The number of hydrogen-bond acceptors (Lipinski definition) is 4. The second-order valence-corrected chi connectivity index (χ2v) is 5.94. The summed E-state index contributed by atoms with van der Waals surface area (Å²) in [5.41, 5.74) is 0.484. The van der Waals surface area contributed by atoms with Gasteiger partial charge in [0.15, 0.2) is 0 Å². The largest absolute Gasteiger partial charge is 0.396 e. The lowest BCUT2D eigenvalue weighted by atomic mass is 10.2. The SMILES string of the molecule is C[C@@H](CO)CSCc1nc2ccc(Cl)cc2c(=O)[nH]1. The quantitative estimate of drug-likeness (QED) is 0.890. The van der Waals surface area contributed by atoms with Crippen molar-refractivity contribution in [2.75, 3.05) is 12.4 Å². The molecular weight excluding hydrogens is 284 g/mol. The molecule has 0 saturated carbocycles. The van der Waals surface area contributed by atoms with Crippen molar-refractivity contribution >= 4 is 34.3 Å². The van der Waals surface area contributed by atoms with Crippen LogP contribution in [0.5, 0.6) is 0 Å². The third kappa shape index (κ3) is 3.72. The molecule has 0 bridgehead atoms. The number of aliphatic hydroxyl groups is 1. The minimum absolute atomic E-state index is 0.168. The average Bonchev–Trinajstić information content (AvgIpc) is 2.39. The molecule has 0 radical (unpaired) electrons. The molecule has 0 fully saturated rings. The zero-order valence-electron chi connectivity index (χ0n) is 10.5. The number of benzene rings is 1. The fourth-order valence-electron chi connectivity index (χ4n) is 1.64. The van der Waals surface area contributed by atoms with Crippen molar-refractivity contribution in [3.05, 3.63) is 39.4 Å². The molecule has 0 saturated heterocycles. The monoisotopic (exact) mass is 298 g/mol. The van der Waals surface area contributed by atoms with E-state index in [0.29, 0.717) is 27.5 Å². The van der Waals surface area contributed by atoms with Crippen LogP contribution in [0, 0.1) is 5.92 Å². The summed E-state index contributed by atoms with van der Waals surface area (Å²) in [5, 5.41) is 9.98. The highest BCUT2D eigenvalue weighted by molar-refractivity contribution is 7.98. The number of nitrogens with zero attached hydrogens (tertiary/aromatic N) is 1. The predicted octanol–water partition coefficient (Wildman–Crippen LogP) is 2.44. The first-order chi connectivity index (χ1) is 9.10. The van der Waals surface area contributed by atoms with Crippen molar-refractivity contribution in [3.8, 4) is 0 Å². The van der Waals surface area contributed by atoms with Crippen LogP contribution in [-0.4, -0.2) is 27.4 Å². The number of halogens is 1. The molecule has 2 rings (SSSR count). The first-order valence-electron chi connectivity index (χ1n) is 5.97. The normalized spacial score (nSPS) is 12.8. The van der Waals surface area contributed by atoms with E-state index in [1.165, 1.54) is 0 Å². The molecule has 0 spiro atoms. The van der Waals surface area contributed by atoms with Gasteiger partial charge in [0.2, 0.25) is 0 Å². The Morgan fingerprint density at radius 1 is 1.53 bits per heavy atom. The highest BCUT2D eigenvalue weighted by Gasteiger charge is 2.06. The van der Waals surface area contributed by atoms with E-state index < -0.39 is 0 Å². The van der Waals surface area contributed by atoms with E-state index >= 15 is 0 Å². The van der Waals surface area contributed by atoms with Gasteiger partial charge in [-0.15, -0.1) is 0 Å². The van der Waals surface area contributed by atoms with Crippen LogP contribution in [0.2, 0.25) is 5.02 Å². The topological polar surface area (TPSA) is 66.0 Å². The summed E-state index contributed by atoms with van der Waals surface area (Å²) in [6.45, 7) is 2.15. The van der Waals surface area contributed by atoms with Gasteiger partial charge in [0.25, 0.3) is 5.56 Å². The van der Waals surface area contributed by atoms with Crippen molar-refractivity contribution in [2.45, 2.75) is 12.7 Å². The summed E-state index contributed by atoms with van der Waals surface area (Å²) < 4.78 is 0. The van der Waals surface area contributed by atoms with Crippen molar-refractivity contribution in [1.29, 1.82) is 0 Å². The van der Waals surface area contributed by atoms with E-state index in [-0.39, 0.29) is 18.1 Å². The third-order valence-corrected chi connectivity index (χ3v) is 4.19. The first-order valence-corrected chi connectivity index (χ1v) is 7.50. The summed E-state index contributed by atoms with van der Waals surface area (Å²) in [5.74, 6) is 2.35. The van der Waals surface area contributed by atoms with Crippen LogP contribution >= 0.6 is 23.4 Å². The lowest BCUT2D eigenvalue weighted by molar-refractivity contribution is 0.250. The fraction of sp³-hybridized carbons (Fsp3) is 0.385. The maximum atomic E-state index is 11.9. The van der Waals surface area contributed by atoms with Crippen molar-refractivity contribution in [2.24, 2.45) is 5.92 Å². The van der Waals surface area contributed by atoms with E-state index in [1.54, 1.807) is 30.0 Å². The first kappa shape index (κ1) is 14.4. The Bertz CT molecular complexity index is 630. The van der Waals surface area contributed by atoms with E-state index in [9.17, 15) is 4.79 Å². The molecule has 0 aliphatic carbocycles. The van der Waals surface area contributed by atoms with Crippen LogP contribution in [0.15, 0.2) is 23.0 Å². The van der Waals surface area contributed by atoms with Gasteiger partial charge >= 0.3 is 0 Å². The van der Waals surface area contributed by atoms with Crippen molar-refractivity contribution in [1.82, 2.24) is 9.97 Å². The van der Waals surface area contributed by atoms with Gasteiger partial charge in [-0.05, 0) is 29.9 Å². The number of rotatable bonds is 5. The Balaban J connectivity index is 2.17. The number of H-pyrrole nitrogens is 1. The van der Waals surface area contributed by atoms with Gasteiger partial charge in [-0.1, -0.05) is 18.5 Å². The molecule has 2 aromatic rings. The number of aromatic amines is 1. The van der Waals surface area contributed by atoms with Crippen LogP contribution in [0.4, 0.5) is 0 Å². The number of thioether (sulfide) groups is 1. The number of aliphatic hydroxyl groups excluding tert-OH is 1. The molecule has 4 nitrogen and oxygen atoms in total. The maximum Gasteiger partial charge on any atom is 0.258 e. The third-order valence-electron chi connectivity index (χ3n) is 2.67. The van der Waals surface area contributed by atoms with E-state index in [0.717, 1.165) is 5.75 Å². The van der Waals surface area contributed by atoms with Gasteiger partial charge in [0.05, 0.1) is 16.7 Å². The average molecular weight is 299 g/mol. The second-order valence-electron chi connectivity index (χ2n) is 4.48. The highest BCUT2D eigenvalue weighted by atomic mass is 35.5. The minimum atomic E-state index is -0.168. The number of nitrogens with one attached hydrogen (secondary N) is 1. The minimum Gasteiger partial charge on any atom is -0.396 e. The smallest absolute Gasteiger partial charge is 0.258 e. The van der Waals surface area contributed by atoms with Crippen molar-refractivity contribution in [3.63, 3.8) is 0 Å². The van der Waals surface area contributed by atoms with Crippen LogP contribution < -0.4 is 5.56 Å². The van der Waals surface area contributed by atoms with Crippen LogP contribution in [0.25, 0.3) is 10.9 Å². The number of fused-ring (bicyclic) bond motifs is 1. The Hall–Kier alpha value is -1.04. The zero-order chi connectivity index (χ0) is 13.8. The van der Waals surface area contributed by atoms with Gasteiger partial charge in [-0.3, -0.25) is 4.79 Å². The summed E-state index contributed by atoms with van der Waals surface area (Å²) >= 11 is 7.50. The Morgan fingerprint density at radius 3 is 3.05 bits per heavy atom. The van der Waals surface area contributed by atoms with Gasteiger partial charge in [-0.2, -0.15) is 11.8 Å². The molecule has 0 aliphatic heterocycles. The van der Waals surface area contributed by atoms with Gasteiger partial charge in [-0.25, -0.2) is 4.98 Å². The molecule has 2 N–H and O–H groups in total. The molecule has 19 heavy (non-hydrogen) atoms. The number of aromatic nitrogens is 2. The molecular formula is C13H15ClN2O2S. The Labute approximate surface area is 120 Å². The molecule has 102 valence electrons. The second kappa shape index (κ2) is 6.41. The molecule has 0 aliphatic rings. The predicted molar refractivity (Wildman–Crippen MR) is 79.8 cm³/mol. The molecule has 6 heteroatoms. The lowest BCUT2D eigenvalue weighted by Gasteiger charge is -2.07. The Kier molecular flexibility index (Phi) is 4.85. The van der Waals surface area contributed by atoms with E-state index in [1.807, 2.05) is 6.92 Å². The molecule has 1 atom stereocenters. The molecule has 0 amide bonds. The van der Waals surface area contributed by atoms with Crippen LogP contribution in [0.3, 0.4) is 0 Å². The molecule has 0 unspecified atom stereocenters. The summed E-state index contributed by atoms with van der Waals surface area (Å²) in [6.07, 6.45) is 0. The lowest BCUT2D eigenvalue weighted by Crippen LogP contribution is -2.12. The summed E-state index contributed by atoms with van der Waals surface area (Å²) in [6, 6.07) is 5.09. The van der Waals surface area contributed by atoms with Gasteiger partial charge in [0.1, 0.15) is 5.82 Å². The standard InChI is InChI=1S/C13H15ClN2O2S/c1-8(5-17)6-19-7-12-15-11-3-2-9(14)4-10(11)13(18)16-12/h2-4,8,17H,5-7H2,1H3,(H,15,16,18)/t8-/m0/s1. The molecule has 1 aromatic carbocycles. The molecule has 1 heterocycles. The zero-order valence-corrected chi connectivity index (χ0v) is 12.1. The number of hydrogen-bond donors (Lipinski definition) is 2. The fourth-order valence-corrected chi connectivity index (χ4v) is 2.77. The van der Waals surface area contributed by atoms with Gasteiger partial charge < -0.3 is 10.1 Å². The highest BCUT2D eigenvalue weighted by Crippen LogP contribution is 2.16. The molecule has 1 aromatic heterocycles. The van der Waals surface area contributed by atoms with Crippen LogP contribution in [-0.2, 0) is 5.75 Å². The Morgan fingerprint density at radius 2 is 2.32 bits per heavy atom. The van der Waals surface area contributed by atoms with Gasteiger partial charge in [0, 0.05) is 11.6 Å². The summed E-state index contributed by atoms with van der Waals surface area (Å²) in [4.78, 5) is 19.1. The summed E-state index contributed by atoms with van der Waals surface area (Å²) in [7, 11) is 0. The van der Waals surface area contributed by atoms with Crippen molar-refractivity contribution < 1.29 is 5.11 Å². The van der Waals surface area contributed by atoms with Crippen LogP contribution in [0.1, 0.15) is 12.7 Å². The van der Waals surface area contributed by atoms with E-state index in [4.69, 9.17) is 16.7 Å².